The fourth-order valence-corrected chi connectivity index (χ4v) is 2.73. The average Bonchev–Trinajstić information content (AvgIpc) is 3.24. The van der Waals surface area contributed by atoms with E-state index in [1.165, 1.54) is 24.0 Å². The zero-order chi connectivity index (χ0) is 17.0. The van der Waals surface area contributed by atoms with E-state index in [1.54, 1.807) is 0 Å². The van der Waals surface area contributed by atoms with Gasteiger partial charge in [0, 0.05) is 23.6 Å². The van der Waals surface area contributed by atoms with Crippen LogP contribution in [0.15, 0.2) is 22.7 Å². The molecule has 2 rings (SSSR count). The summed E-state index contributed by atoms with van der Waals surface area (Å²) >= 11 is 3.52. The molecule has 1 atom stereocenters. The van der Waals surface area contributed by atoms with Gasteiger partial charge in [0.25, 0.3) is 0 Å². The molecule has 2 N–H and O–H groups in total. The third kappa shape index (κ3) is 6.51. The molecule has 1 saturated carbocycles. The number of carbonyl (C=O) groups excluding carboxylic acids is 1. The van der Waals surface area contributed by atoms with E-state index in [1.807, 2.05) is 20.8 Å². The second-order valence-electron chi connectivity index (χ2n) is 7.30. The van der Waals surface area contributed by atoms with Gasteiger partial charge in [0.15, 0.2) is 0 Å². The molecular weight excluding hydrogens is 356 g/mol. The molecule has 23 heavy (non-hydrogen) atoms. The zero-order valence-corrected chi connectivity index (χ0v) is 16.0. The van der Waals surface area contributed by atoms with Gasteiger partial charge in [-0.1, -0.05) is 28.1 Å². The van der Waals surface area contributed by atoms with Crippen LogP contribution in [0.5, 0.6) is 0 Å². The highest BCUT2D eigenvalue weighted by Crippen LogP contribution is 2.32. The minimum atomic E-state index is -0.458. The summed E-state index contributed by atoms with van der Waals surface area (Å²) in [6.07, 6.45) is 2.04. The van der Waals surface area contributed by atoms with E-state index in [2.05, 4.69) is 51.7 Å². The van der Waals surface area contributed by atoms with Gasteiger partial charge in [0.1, 0.15) is 5.60 Å². The highest BCUT2D eigenvalue weighted by atomic mass is 79.9. The maximum atomic E-state index is 12.0. The zero-order valence-electron chi connectivity index (χ0n) is 14.4. The summed E-state index contributed by atoms with van der Waals surface area (Å²) in [6.45, 7) is 9.30. The summed E-state index contributed by atoms with van der Waals surface area (Å²) in [7, 11) is 0. The van der Waals surface area contributed by atoms with Crippen LogP contribution < -0.4 is 10.6 Å². The van der Waals surface area contributed by atoms with Crippen molar-refractivity contribution in [3.8, 4) is 0 Å². The Labute approximate surface area is 147 Å². The van der Waals surface area contributed by atoms with Crippen LogP contribution in [0.25, 0.3) is 0 Å². The van der Waals surface area contributed by atoms with Crippen molar-refractivity contribution in [1.29, 1.82) is 0 Å². The number of hydrogen-bond acceptors (Lipinski definition) is 3. The van der Waals surface area contributed by atoms with Crippen LogP contribution in [0, 0.1) is 12.8 Å². The lowest BCUT2D eigenvalue weighted by molar-refractivity contribution is 0.0497. The fourth-order valence-electron chi connectivity index (χ4n) is 2.48. The molecule has 1 aliphatic carbocycles. The molecule has 4 nitrogen and oxygen atoms in total. The summed E-state index contributed by atoms with van der Waals surface area (Å²) in [5.74, 6) is 0.571. The number of rotatable bonds is 6. The predicted molar refractivity (Wildman–Crippen MR) is 96.5 cm³/mol. The molecule has 0 heterocycles. The molecule has 1 amide bonds. The van der Waals surface area contributed by atoms with E-state index in [-0.39, 0.29) is 12.1 Å². The van der Waals surface area contributed by atoms with Crippen molar-refractivity contribution in [3.05, 3.63) is 33.8 Å². The highest BCUT2D eigenvalue weighted by Gasteiger charge is 2.33. The van der Waals surface area contributed by atoms with Crippen LogP contribution in [-0.2, 0) is 11.3 Å². The summed E-state index contributed by atoms with van der Waals surface area (Å²) < 4.78 is 6.49. The van der Waals surface area contributed by atoms with E-state index in [0.29, 0.717) is 5.92 Å². The quantitative estimate of drug-likeness (QED) is 0.776. The van der Waals surface area contributed by atoms with Gasteiger partial charge in [-0.3, -0.25) is 0 Å². The predicted octanol–water partition coefficient (Wildman–Crippen LogP) is 4.15. The third-order valence-electron chi connectivity index (χ3n) is 3.81. The number of halogens is 1. The molecule has 0 saturated heterocycles. The van der Waals surface area contributed by atoms with Gasteiger partial charge in [0.05, 0.1) is 0 Å². The molecule has 1 aromatic rings. The summed E-state index contributed by atoms with van der Waals surface area (Å²) in [5, 5.41) is 6.46. The van der Waals surface area contributed by atoms with E-state index in [0.717, 1.165) is 17.6 Å². The van der Waals surface area contributed by atoms with Gasteiger partial charge in [-0.15, -0.1) is 0 Å². The minimum Gasteiger partial charge on any atom is -0.444 e. The Morgan fingerprint density at radius 3 is 2.65 bits per heavy atom. The lowest BCUT2D eigenvalue weighted by Gasteiger charge is -2.24. The van der Waals surface area contributed by atoms with Crippen LogP contribution >= 0.6 is 15.9 Å². The standard InChI is InChI=1S/C18H27BrN2O2/c1-12-9-13(5-8-15(12)19)10-20-11-16(14-6-7-14)21-17(22)23-18(2,3)4/h5,8-9,14,16,20H,6-7,10-11H2,1-4H3,(H,21,22). The van der Waals surface area contributed by atoms with Gasteiger partial charge < -0.3 is 15.4 Å². The van der Waals surface area contributed by atoms with Crippen LogP contribution in [0.3, 0.4) is 0 Å². The van der Waals surface area contributed by atoms with Crippen molar-refractivity contribution < 1.29 is 9.53 Å². The first-order valence-electron chi connectivity index (χ1n) is 8.20. The normalized spacial score (nSPS) is 16.0. The second kappa shape index (κ2) is 7.67. The van der Waals surface area contributed by atoms with Crippen molar-refractivity contribution in [1.82, 2.24) is 10.6 Å². The third-order valence-corrected chi connectivity index (χ3v) is 4.70. The van der Waals surface area contributed by atoms with E-state index >= 15 is 0 Å². The van der Waals surface area contributed by atoms with Gasteiger partial charge in [-0.2, -0.15) is 0 Å². The number of carbonyl (C=O) groups is 1. The number of alkyl carbamates (subject to hydrolysis) is 1. The Morgan fingerprint density at radius 1 is 1.39 bits per heavy atom. The van der Waals surface area contributed by atoms with E-state index < -0.39 is 5.60 Å². The lowest BCUT2D eigenvalue weighted by Crippen LogP contribution is -2.45. The molecular formula is C18H27BrN2O2. The molecule has 0 aromatic heterocycles. The summed E-state index contributed by atoms with van der Waals surface area (Å²) in [6, 6.07) is 6.49. The number of hydrogen-bond donors (Lipinski definition) is 2. The molecule has 128 valence electrons. The summed E-state index contributed by atoms with van der Waals surface area (Å²) in [5.41, 5.74) is 2.02. The minimum absolute atomic E-state index is 0.140. The van der Waals surface area contributed by atoms with Gasteiger partial charge in [-0.25, -0.2) is 4.79 Å². The van der Waals surface area contributed by atoms with Gasteiger partial charge in [0.2, 0.25) is 0 Å². The first-order chi connectivity index (χ1) is 10.7. The SMILES string of the molecule is Cc1cc(CNCC(NC(=O)OC(C)(C)C)C2CC2)ccc1Br. The first-order valence-corrected chi connectivity index (χ1v) is 8.99. The van der Waals surface area contributed by atoms with Gasteiger partial charge >= 0.3 is 6.09 Å². The monoisotopic (exact) mass is 382 g/mol. The van der Waals surface area contributed by atoms with Gasteiger partial charge in [-0.05, 0) is 63.6 Å². The number of benzene rings is 1. The topological polar surface area (TPSA) is 50.4 Å². The lowest BCUT2D eigenvalue weighted by atomic mass is 10.1. The maximum Gasteiger partial charge on any atom is 0.407 e. The Morgan fingerprint density at radius 2 is 2.09 bits per heavy atom. The molecule has 0 bridgehead atoms. The average molecular weight is 383 g/mol. The maximum absolute atomic E-state index is 12.0. The molecule has 1 aliphatic rings. The van der Waals surface area contributed by atoms with E-state index in [9.17, 15) is 4.79 Å². The van der Waals surface area contributed by atoms with Crippen LogP contribution in [-0.4, -0.2) is 24.3 Å². The largest absolute Gasteiger partial charge is 0.444 e. The molecule has 0 aliphatic heterocycles. The Hall–Kier alpha value is -1.07. The second-order valence-corrected chi connectivity index (χ2v) is 8.16. The fraction of sp³-hybridized carbons (Fsp3) is 0.611. The number of amides is 1. The molecule has 0 radical (unpaired) electrons. The van der Waals surface area contributed by atoms with Crippen molar-refractivity contribution >= 4 is 22.0 Å². The van der Waals surface area contributed by atoms with Crippen molar-refractivity contribution in [2.45, 2.75) is 58.7 Å². The summed E-state index contributed by atoms with van der Waals surface area (Å²) in [4.78, 5) is 12.0. The number of nitrogens with one attached hydrogen (secondary N) is 2. The van der Waals surface area contributed by atoms with Crippen LogP contribution in [0.1, 0.15) is 44.7 Å². The number of aryl methyl sites for hydroxylation is 1. The van der Waals surface area contributed by atoms with Crippen molar-refractivity contribution in [2.75, 3.05) is 6.54 Å². The molecule has 1 aromatic carbocycles. The molecule has 5 heteroatoms. The van der Waals surface area contributed by atoms with Crippen molar-refractivity contribution in [3.63, 3.8) is 0 Å². The Kier molecular flexibility index (Phi) is 6.09. The molecule has 0 spiro atoms. The first kappa shape index (κ1) is 18.3. The van der Waals surface area contributed by atoms with Crippen LogP contribution in [0.2, 0.25) is 0 Å². The highest BCUT2D eigenvalue weighted by molar-refractivity contribution is 9.10. The smallest absolute Gasteiger partial charge is 0.407 e. The molecule has 1 unspecified atom stereocenters. The molecule has 1 fully saturated rings. The Balaban J connectivity index is 1.81. The van der Waals surface area contributed by atoms with E-state index in [4.69, 9.17) is 4.74 Å². The van der Waals surface area contributed by atoms with Crippen LogP contribution in [0.4, 0.5) is 4.79 Å². The van der Waals surface area contributed by atoms with Crippen molar-refractivity contribution in [2.24, 2.45) is 5.92 Å². The Bertz CT molecular complexity index is 550. The number of ether oxygens (including phenoxy) is 1.